The number of likely N-dealkylation sites (tertiary alicyclic amines) is 2. The summed E-state index contributed by atoms with van der Waals surface area (Å²) in [4.78, 5) is 24.6. The fourth-order valence-corrected chi connectivity index (χ4v) is 7.12. The lowest BCUT2D eigenvalue weighted by Gasteiger charge is -2.20. The average molecular weight is 562 g/mol. The quantitative estimate of drug-likeness (QED) is 0.317. The number of rotatable bonds is 5. The molecule has 3 aliphatic heterocycles. The number of furan rings is 1. The second-order valence-electron chi connectivity index (χ2n) is 12.2. The predicted molar refractivity (Wildman–Crippen MR) is 163 cm³/mol. The van der Waals surface area contributed by atoms with Gasteiger partial charge in [0.1, 0.15) is 23.1 Å². The van der Waals surface area contributed by atoms with Crippen LogP contribution in [0.2, 0.25) is 0 Å². The number of hydrogen-bond donors (Lipinski definition) is 0. The standard InChI is InChI=1S/C34H35N5O3/c1-21-9-11-38(16-21)30-7-5-22(12-24(30)15-35)27-8-10-36-29-14-32(42-33(27)29)28-6-4-23(13-31(28)41-3)34(40)39-19-25-17-37(2)18-26(25)20-39/h4-8,10,12-14,21,25-26H,9,11,16-20H2,1-3H3. The van der Waals surface area contributed by atoms with Gasteiger partial charge in [0.25, 0.3) is 5.91 Å². The van der Waals surface area contributed by atoms with E-state index in [0.29, 0.717) is 51.5 Å². The molecule has 3 fully saturated rings. The number of carbonyl (C=O) groups excluding carboxylic acids is 1. The molecule has 3 aliphatic rings. The second-order valence-corrected chi connectivity index (χ2v) is 12.2. The van der Waals surface area contributed by atoms with Gasteiger partial charge in [-0.25, -0.2) is 0 Å². The fraction of sp³-hybridized carbons (Fsp3) is 0.382. The molecule has 8 heteroatoms. The molecule has 5 heterocycles. The Balaban J connectivity index is 1.19. The first-order valence-electron chi connectivity index (χ1n) is 14.8. The first-order valence-corrected chi connectivity index (χ1v) is 14.8. The number of aromatic nitrogens is 1. The summed E-state index contributed by atoms with van der Waals surface area (Å²) in [7, 11) is 3.77. The first kappa shape index (κ1) is 26.5. The number of carbonyl (C=O) groups is 1. The van der Waals surface area contributed by atoms with Crippen molar-refractivity contribution in [3.8, 4) is 34.3 Å². The Labute approximate surface area is 246 Å². The number of pyridine rings is 1. The zero-order valence-corrected chi connectivity index (χ0v) is 24.3. The maximum Gasteiger partial charge on any atom is 0.254 e. The molecule has 0 spiro atoms. The highest BCUT2D eigenvalue weighted by molar-refractivity contribution is 5.97. The molecule has 2 aromatic heterocycles. The minimum atomic E-state index is 0.0468. The highest BCUT2D eigenvalue weighted by Crippen LogP contribution is 2.39. The summed E-state index contributed by atoms with van der Waals surface area (Å²) in [5, 5.41) is 9.97. The Hall–Kier alpha value is -4.35. The van der Waals surface area contributed by atoms with Gasteiger partial charge in [0.15, 0.2) is 5.58 Å². The van der Waals surface area contributed by atoms with E-state index in [1.165, 1.54) is 0 Å². The van der Waals surface area contributed by atoms with Gasteiger partial charge >= 0.3 is 0 Å². The van der Waals surface area contributed by atoms with Gasteiger partial charge in [-0.1, -0.05) is 13.0 Å². The van der Waals surface area contributed by atoms with Crippen molar-refractivity contribution < 1.29 is 13.9 Å². The van der Waals surface area contributed by atoms with E-state index in [1.807, 2.05) is 47.4 Å². The molecule has 2 aromatic carbocycles. The third kappa shape index (κ3) is 4.58. The molecular weight excluding hydrogens is 526 g/mol. The molecule has 8 nitrogen and oxygen atoms in total. The molecule has 42 heavy (non-hydrogen) atoms. The zero-order valence-electron chi connectivity index (χ0n) is 24.3. The number of ether oxygens (including phenoxy) is 1. The average Bonchev–Trinajstić information content (AvgIpc) is 3.79. The molecule has 0 aliphatic carbocycles. The Bertz CT molecular complexity index is 1710. The van der Waals surface area contributed by atoms with Gasteiger partial charge in [-0.15, -0.1) is 0 Å². The lowest BCUT2D eigenvalue weighted by Crippen LogP contribution is -2.32. The molecule has 3 unspecified atom stereocenters. The summed E-state index contributed by atoms with van der Waals surface area (Å²) in [6.07, 6.45) is 2.91. The SMILES string of the molecule is COc1cc(C(=O)N2CC3CN(C)CC3C2)ccc1-c1cc2nccc(-c3ccc(N4CCC(C)C4)c(C#N)c3)c2o1. The van der Waals surface area contributed by atoms with Gasteiger partial charge in [-0.05, 0) is 73.2 Å². The van der Waals surface area contributed by atoms with Crippen LogP contribution in [0.1, 0.15) is 29.3 Å². The highest BCUT2D eigenvalue weighted by atomic mass is 16.5. The van der Waals surface area contributed by atoms with E-state index in [4.69, 9.17) is 9.15 Å². The summed E-state index contributed by atoms with van der Waals surface area (Å²) in [6.45, 7) is 7.91. The molecule has 1 amide bonds. The molecule has 3 saturated heterocycles. The van der Waals surface area contributed by atoms with E-state index in [0.717, 1.165) is 68.1 Å². The van der Waals surface area contributed by atoms with Crippen molar-refractivity contribution in [1.82, 2.24) is 14.8 Å². The lowest BCUT2D eigenvalue weighted by atomic mass is 10.0. The smallest absolute Gasteiger partial charge is 0.254 e. The second kappa shape index (κ2) is 10.5. The molecule has 0 saturated carbocycles. The van der Waals surface area contributed by atoms with Crippen LogP contribution in [0.15, 0.2) is 59.1 Å². The number of benzene rings is 2. The van der Waals surface area contributed by atoms with Crippen molar-refractivity contribution >= 4 is 22.7 Å². The molecule has 0 radical (unpaired) electrons. The van der Waals surface area contributed by atoms with Crippen LogP contribution in [0.5, 0.6) is 5.75 Å². The van der Waals surface area contributed by atoms with Crippen molar-refractivity contribution in [2.24, 2.45) is 17.8 Å². The topological polar surface area (TPSA) is 85.8 Å². The molecular formula is C34H35N5O3. The van der Waals surface area contributed by atoms with Crippen molar-refractivity contribution in [2.45, 2.75) is 13.3 Å². The number of nitriles is 1. The lowest BCUT2D eigenvalue weighted by molar-refractivity contribution is 0.0775. The zero-order chi connectivity index (χ0) is 29.0. The van der Waals surface area contributed by atoms with Crippen LogP contribution in [0, 0.1) is 29.1 Å². The predicted octanol–water partition coefficient (Wildman–Crippen LogP) is 5.52. The van der Waals surface area contributed by atoms with Crippen LogP contribution in [0.4, 0.5) is 5.69 Å². The summed E-state index contributed by atoms with van der Waals surface area (Å²) < 4.78 is 12.2. The molecule has 3 atom stereocenters. The Morgan fingerprint density at radius 2 is 1.83 bits per heavy atom. The number of anilines is 1. The van der Waals surface area contributed by atoms with Crippen LogP contribution >= 0.6 is 0 Å². The monoisotopic (exact) mass is 561 g/mol. The van der Waals surface area contributed by atoms with E-state index in [2.05, 4.69) is 40.9 Å². The van der Waals surface area contributed by atoms with Gasteiger partial charge in [0.05, 0.1) is 23.9 Å². The van der Waals surface area contributed by atoms with E-state index >= 15 is 0 Å². The number of methoxy groups -OCH3 is 1. The van der Waals surface area contributed by atoms with Crippen molar-refractivity contribution in [1.29, 1.82) is 5.26 Å². The maximum absolute atomic E-state index is 13.4. The molecule has 4 aromatic rings. The Kier molecular flexibility index (Phi) is 6.63. The fourth-order valence-electron chi connectivity index (χ4n) is 7.12. The van der Waals surface area contributed by atoms with Gasteiger partial charge < -0.3 is 23.9 Å². The highest BCUT2D eigenvalue weighted by Gasteiger charge is 2.40. The molecule has 0 bridgehead atoms. The van der Waals surface area contributed by atoms with Crippen LogP contribution < -0.4 is 9.64 Å². The third-order valence-electron chi connectivity index (χ3n) is 9.27. The first-order chi connectivity index (χ1) is 20.4. The van der Waals surface area contributed by atoms with Crippen LogP contribution in [0.25, 0.3) is 33.6 Å². The van der Waals surface area contributed by atoms with E-state index in [9.17, 15) is 10.1 Å². The summed E-state index contributed by atoms with van der Waals surface area (Å²) >= 11 is 0. The molecule has 214 valence electrons. The van der Waals surface area contributed by atoms with Crippen LogP contribution in [-0.2, 0) is 0 Å². The Morgan fingerprint density at radius 3 is 2.55 bits per heavy atom. The maximum atomic E-state index is 13.4. The van der Waals surface area contributed by atoms with Gasteiger partial charge in [0, 0.05) is 62.7 Å². The molecule has 0 N–H and O–H groups in total. The summed E-state index contributed by atoms with van der Waals surface area (Å²) in [5.41, 5.74) is 6.17. The number of nitrogens with zero attached hydrogens (tertiary/aromatic N) is 5. The number of fused-ring (bicyclic) bond motifs is 2. The minimum absolute atomic E-state index is 0.0468. The normalized spacial score (nSPS) is 22.1. The summed E-state index contributed by atoms with van der Waals surface area (Å²) in [6, 6.07) is 17.9. The van der Waals surface area contributed by atoms with E-state index < -0.39 is 0 Å². The van der Waals surface area contributed by atoms with E-state index in [-0.39, 0.29) is 5.91 Å². The van der Waals surface area contributed by atoms with Crippen LogP contribution in [0.3, 0.4) is 0 Å². The minimum Gasteiger partial charge on any atom is -0.496 e. The van der Waals surface area contributed by atoms with Gasteiger partial charge in [0.2, 0.25) is 0 Å². The molecule has 7 rings (SSSR count). The van der Waals surface area contributed by atoms with Crippen molar-refractivity contribution in [2.75, 3.05) is 58.3 Å². The summed E-state index contributed by atoms with van der Waals surface area (Å²) in [5.74, 6) is 2.98. The van der Waals surface area contributed by atoms with Crippen LogP contribution in [-0.4, -0.2) is 74.1 Å². The number of hydrogen-bond acceptors (Lipinski definition) is 7. The number of amides is 1. The largest absolute Gasteiger partial charge is 0.496 e. The van der Waals surface area contributed by atoms with Gasteiger partial charge in [-0.3, -0.25) is 9.78 Å². The third-order valence-corrected chi connectivity index (χ3v) is 9.27. The van der Waals surface area contributed by atoms with Crippen molar-refractivity contribution in [3.63, 3.8) is 0 Å². The van der Waals surface area contributed by atoms with Gasteiger partial charge in [-0.2, -0.15) is 5.26 Å². The van der Waals surface area contributed by atoms with E-state index in [1.54, 1.807) is 13.3 Å². The van der Waals surface area contributed by atoms with Crippen molar-refractivity contribution in [3.05, 3.63) is 65.9 Å². The Morgan fingerprint density at radius 1 is 1.02 bits per heavy atom.